The van der Waals surface area contributed by atoms with E-state index in [1.165, 1.54) is 0 Å². The lowest BCUT2D eigenvalue weighted by molar-refractivity contribution is -0.149. The molecule has 0 amide bonds. The number of ether oxygens (including phenoxy) is 2. The fraction of sp³-hybridized carbons (Fsp3) is 0.500. The summed E-state index contributed by atoms with van der Waals surface area (Å²) in [7, 11) is 0. The Kier molecular flexibility index (Phi) is 5.61. The molecule has 0 radical (unpaired) electrons. The summed E-state index contributed by atoms with van der Waals surface area (Å²) < 4.78 is 11.2. The van der Waals surface area contributed by atoms with E-state index in [0.29, 0.717) is 18.8 Å². The van der Waals surface area contributed by atoms with Crippen molar-refractivity contribution in [2.45, 2.75) is 45.1 Å². The summed E-state index contributed by atoms with van der Waals surface area (Å²) >= 11 is 0. The molecule has 1 aliphatic rings. The van der Waals surface area contributed by atoms with Gasteiger partial charge in [0.2, 0.25) is 17.1 Å². The maximum Gasteiger partial charge on any atom is 0.245 e. The zero-order chi connectivity index (χ0) is 16.0. The summed E-state index contributed by atoms with van der Waals surface area (Å²) in [5.41, 5.74) is -1.18. The van der Waals surface area contributed by atoms with Gasteiger partial charge in [0.05, 0.1) is 13.2 Å². The van der Waals surface area contributed by atoms with Crippen molar-refractivity contribution in [1.82, 2.24) is 0 Å². The van der Waals surface area contributed by atoms with E-state index in [-0.39, 0.29) is 11.5 Å². The van der Waals surface area contributed by atoms with Crippen molar-refractivity contribution in [3.05, 3.63) is 47.4 Å². The van der Waals surface area contributed by atoms with Crippen LogP contribution < -0.4 is 0 Å². The highest BCUT2D eigenvalue weighted by atomic mass is 16.5. The Bertz CT molecular complexity index is 535. The van der Waals surface area contributed by atoms with E-state index in [1.54, 1.807) is 24.3 Å². The van der Waals surface area contributed by atoms with Crippen LogP contribution in [0.3, 0.4) is 0 Å². The Balaban J connectivity index is 2.23. The Morgan fingerprint density at radius 1 is 1.00 bits per heavy atom. The van der Waals surface area contributed by atoms with Crippen LogP contribution >= 0.6 is 0 Å². The molecule has 0 aliphatic heterocycles. The average Bonchev–Trinajstić information content (AvgIpc) is 2.56. The number of aliphatic hydroxyl groups is 1. The molecule has 4 nitrogen and oxygen atoms in total. The second-order valence-corrected chi connectivity index (χ2v) is 5.47. The van der Waals surface area contributed by atoms with Gasteiger partial charge in [-0.1, -0.05) is 57.0 Å². The third-order valence-electron chi connectivity index (χ3n) is 3.75. The molecule has 22 heavy (non-hydrogen) atoms. The molecular formula is C18H24O4. The molecule has 0 saturated heterocycles. The number of rotatable bonds is 9. The summed E-state index contributed by atoms with van der Waals surface area (Å²) in [4.78, 5) is 12.4. The Morgan fingerprint density at radius 3 is 2.18 bits per heavy atom. The smallest absolute Gasteiger partial charge is 0.245 e. The number of unbranched alkanes of at least 4 members (excludes halogenated alkanes) is 2. The van der Waals surface area contributed by atoms with Crippen LogP contribution in [0.1, 0.15) is 45.1 Å². The van der Waals surface area contributed by atoms with Gasteiger partial charge in [-0.05, 0) is 18.4 Å². The van der Waals surface area contributed by atoms with Crippen molar-refractivity contribution in [3.8, 4) is 0 Å². The minimum absolute atomic E-state index is 0.177. The molecule has 2 rings (SSSR count). The van der Waals surface area contributed by atoms with Gasteiger partial charge in [0.15, 0.2) is 5.76 Å². The minimum atomic E-state index is -1.70. The van der Waals surface area contributed by atoms with Crippen LogP contribution in [0.25, 0.3) is 0 Å². The summed E-state index contributed by atoms with van der Waals surface area (Å²) in [5.74, 6) is 0.0189. The molecule has 0 bridgehead atoms. The SMILES string of the molecule is CCCCOC1=C(OCCCC)C(O)(c2ccccc2)C1=O. The molecule has 1 unspecified atom stereocenters. The van der Waals surface area contributed by atoms with E-state index < -0.39 is 11.4 Å². The lowest BCUT2D eigenvalue weighted by Crippen LogP contribution is -2.50. The normalized spacial score (nSPS) is 20.8. The van der Waals surface area contributed by atoms with E-state index in [2.05, 4.69) is 13.8 Å². The van der Waals surface area contributed by atoms with Crippen molar-refractivity contribution >= 4 is 5.78 Å². The first-order valence-electron chi connectivity index (χ1n) is 7.99. The fourth-order valence-electron chi connectivity index (χ4n) is 2.35. The topological polar surface area (TPSA) is 55.8 Å². The van der Waals surface area contributed by atoms with Crippen LogP contribution in [0.15, 0.2) is 41.9 Å². The fourth-order valence-corrected chi connectivity index (χ4v) is 2.35. The van der Waals surface area contributed by atoms with E-state index >= 15 is 0 Å². The van der Waals surface area contributed by atoms with E-state index in [1.807, 2.05) is 6.07 Å². The van der Waals surface area contributed by atoms with Gasteiger partial charge in [-0.15, -0.1) is 0 Å². The molecular weight excluding hydrogens is 280 g/mol. The van der Waals surface area contributed by atoms with Crippen LogP contribution in [0.4, 0.5) is 0 Å². The molecule has 0 fully saturated rings. The third-order valence-corrected chi connectivity index (χ3v) is 3.75. The van der Waals surface area contributed by atoms with E-state index in [4.69, 9.17) is 9.47 Å². The molecule has 120 valence electrons. The summed E-state index contributed by atoms with van der Waals surface area (Å²) in [6.45, 7) is 5.04. The van der Waals surface area contributed by atoms with Crippen LogP contribution in [-0.2, 0) is 19.9 Å². The average molecular weight is 304 g/mol. The number of Topliss-reactive ketones (excluding diaryl/α,β-unsaturated/α-hetero) is 1. The molecule has 1 aliphatic carbocycles. The van der Waals surface area contributed by atoms with Gasteiger partial charge >= 0.3 is 0 Å². The van der Waals surface area contributed by atoms with Gasteiger partial charge < -0.3 is 14.6 Å². The highest BCUT2D eigenvalue weighted by Gasteiger charge is 2.57. The number of carbonyl (C=O) groups is 1. The third kappa shape index (κ3) is 3.02. The molecule has 1 aromatic rings. The van der Waals surface area contributed by atoms with Crippen LogP contribution in [0.5, 0.6) is 0 Å². The quantitative estimate of drug-likeness (QED) is 0.711. The predicted molar refractivity (Wildman–Crippen MR) is 84.1 cm³/mol. The van der Waals surface area contributed by atoms with Gasteiger partial charge in [-0.2, -0.15) is 0 Å². The summed E-state index contributed by atoms with van der Waals surface area (Å²) in [6, 6.07) is 8.88. The molecule has 0 spiro atoms. The van der Waals surface area contributed by atoms with Gasteiger partial charge in [0, 0.05) is 0 Å². The van der Waals surface area contributed by atoms with Crippen molar-refractivity contribution < 1.29 is 19.4 Å². The summed E-state index contributed by atoms with van der Waals surface area (Å²) in [6.07, 6.45) is 3.70. The molecule has 4 heteroatoms. The lowest BCUT2D eigenvalue weighted by Gasteiger charge is -2.38. The van der Waals surface area contributed by atoms with Gasteiger partial charge in [-0.3, -0.25) is 4.79 Å². The van der Waals surface area contributed by atoms with Crippen molar-refractivity contribution in [1.29, 1.82) is 0 Å². The van der Waals surface area contributed by atoms with Crippen LogP contribution in [-0.4, -0.2) is 24.1 Å². The first kappa shape index (κ1) is 16.6. The van der Waals surface area contributed by atoms with Crippen LogP contribution in [0, 0.1) is 0 Å². The number of ketones is 1. The highest BCUT2D eigenvalue weighted by Crippen LogP contribution is 2.44. The maximum absolute atomic E-state index is 12.4. The lowest BCUT2D eigenvalue weighted by atomic mass is 9.77. The second kappa shape index (κ2) is 7.45. The number of hydrogen-bond donors (Lipinski definition) is 1. The molecule has 0 saturated carbocycles. The summed E-state index contributed by atoms with van der Waals surface area (Å²) in [5, 5.41) is 10.8. The van der Waals surface area contributed by atoms with Crippen LogP contribution in [0.2, 0.25) is 0 Å². The number of hydrogen-bond acceptors (Lipinski definition) is 4. The van der Waals surface area contributed by atoms with Gasteiger partial charge in [-0.25, -0.2) is 0 Å². The van der Waals surface area contributed by atoms with Gasteiger partial charge in [0.1, 0.15) is 0 Å². The largest absolute Gasteiger partial charge is 0.490 e. The first-order valence-corrected chi connectivity index (χ1v) is 7.99. The Morgan fingerprint density at radius 2 is 1.59 bits per heavy atom. The van der Waals surface area contributed by atoms with Crippen molar-refractivity contribution in [3.63, 3.8) is 0 Å². The minimum Gasteiger partial charge on any atom is -0.490 e. The van der Waals surface area contributed by atoms with Crippen molar-refractivity contribution in [2.24, 2.45) is 0 Å². The number of carbonyl (C=O) groups excluding carboxylic acids is 1. The Labute approximate surface area is 131 Å². The van der Waals surface area contributed by atoms with E-state index in [9.17, 15) is 9.90 Å². The highest BCUT2D eigenvalue weighted by molar-refractivity contribution is 6.10. The number of benzene rings is 1. The molecule has 1 aromatic carbocycles. The standard InChI is InChI=1S/C18H24O4/c1-3-5-12-21-15-16(19)18(20,14-10-8-7-9-11-14)17(15)22-13-6-4-2/h7-11,20H,3-6,12-13H2,1-2H3. The van der Waals surface area contributed by atoms with Crippen molar-refractivity contribution in [2.75, 3.05) is 13.2 Å². The molecule has 1 N–H and O–H groups in total. The monoisotopic (exact) mass is 304 g/mol. The second-order valence-electron chi connectivity index (χ2n) is 5.47. The Hall–Kier alpha value is -1.81. The zero-order valence-electron chi connectivity index (χ0n) is 13.3. The van der Waals surface area contributed by atoms with Gasteiger partial charge in [0.25, 0.3) is 0 Å². The maximum atomic E-state index is 12.4. The molecule has 0 heterocycles. The molecule has 1 atom stereocenters. The zero-order valence-corrected chi connectivity index (χ0v) is 13.3. The first-order chi connectivity index (χ1) is 10.7. The molecule has 0 aromatic heterocycles. The predicted octanol–water partition coefficient (Wildman–Crippen LogP) is 3.30. The van der Waals surface area contributed by atoms with E-state index in [0.717, 1.165) is 25.7 Å².